The molecular weight excluding hydrogens is 392 g/mol. The molecule has 0 spiro atoms. The maximum atomic E-state index is 13.2. The molecule has 1 aromatic rings. The summed E-state index contributed by atoms with van der Waals surface area (Å²) in [5, 5.41) is 15.1. The fourth-order valence-corrected chi connectivity index (χ4v) is 4.69. The summed E-state index contributed by atoms with van der Waals surface area (Å²) in [7, 11) is 0. The standard InChI is InChI=1S/C21H32N4O3.ClH/c1-4-9-24(18-7-8-22-12-18)21(26)17-5-6-19(20(11-17)25(27)28)23-13-15(2)10-16(3)14-23;/h5-6,11,15-16,18,22H,4,7-10,12-14H2,1-3H3;1H. The van der Waals surface area contributed by atoms with E-state index < -0.39 is 0 Å². The van der Waals surface area contributed by atoms with Gasteiger partial charge >= 0.3 is 0 Å². The predicted octanol–water partition coefficient (Wildman–Crippen LogP) is 3.71. The minimum absolute atomic E-state index is 0. The van der Waals surface area contributed by atoms with Gasteiger partial charge < -0.3 is 15.1 Å². The number of nitro groups is 1. The van der Waals surface area contributed by atoms with Gasteiger partial charge in [0.05, 0.1) is 4.92 Å². The summed E-state index contributed by atoms with van der Waals surface area (Å²) in [6, 6.07) is 5.18. The third-order valence-corrected chi connectivity index (χ3v) is 5.83. The van der Waals surface area contributed by atoms with E-state index in [0.29, 0.717) is 29.6 Å². The van der Waals surface area contributed by atoms with Crippen LogP contribution in [0.2, 0.25) is 0 Å². The SMILES string of the molecule is CCCN(C(=O)c1ccc(N2CC(C)CC(C)C2)c([N+](=O)[O-])c1)C1CCNC1.Cl. The van der Waals surface area contributed by atoms with Crippen LogP contribution in [0.1, 0.15) is 50.4 Å². The molecule has 1 N–H and O–H groups in total. The number of hydrogen-bond acceptors (Lipinski definition) is 5. The monoisotopic (exact) mass is 424 g/mol. The van der Waals surface area contributed by atoms with Crippen LogP contribution in [0.5, 0.6) is 0 Å². The van der Waals surface area contributed by atoms with E-state index in [1.807, 2.05) is 11.8 Å². The van der Waals surface area contributed by atoms with Crippen molar-refractivity contribution in [1.82, 2.24) is 10.2 Å². The summed E-state index contributed by atoms with van der Waals surface area (Å²) >= 11 is 0. The van der Waals surface area contributed by atoms with Crippen LogP contribution in [0.15, 0.2) is 18.2 Å². The van der Waals surface area contributed by atoms with Crippen molar-refractivity contribution in [3.8, 4) is 0 Å². The molecule has 2 saturated heterocycles. The molecule has 2 aliphatic rings. The van der Waals surface area contributed by atoms with E-state index in [-0.39, 0.29) is 35.0 Å². The molecule has 3 atom stereocenters. The van der Waals surface area contributed by atoms with Crippen molar-refractivity contribution >= 4 is 29.7 Å². The molecule has 0 saturated carbocycles. The van der Waals surface area contributed by atoms with Gasteiger partial charge in [-0.3, -0.25) is 14.9 Å². The van der Waals surface area contributed by atoms with Crippen LogP contribution in [-0.2, 0) is 0 Å². The van der Waals surface area contributed by atoms with Crippen molar-refractivity contribution in [1.29, 1.82) is 0 Å². The van der Waals surface area contributed by atoms with Gasteiger partial charge in [0.2, 0.25) is 0 Å². The summed E-state index contributed by atoms with van der Waals surface area (Å²) in [6.45, 7) is 10.4. The van der Waals surface area contributed by atoms with E-state index in [4.69, 9.17) is 0 Å². The highest BCUT2D eigenvalue weighted by molar-refractivity contribution is 5.96. The van der Waals surface area contributed by atoms with E-state index >= 15 is 0 Å². The van der Waals surface area contributed by atoms with Gasteiger partial charge in [0.25, 0.3) is 11.6 Å². The fraction of sp³-hybridized carbons (Fsp3) is 0.667. The van der Waals surface area contributed by atoms with E-state index in [0.717, 1.165) is 45.4 Å². The van der Waals surface area contributed by atoms with Gasteiger partial charge in [0.1, 0.15) is 5.69 Å². The number of anilines is 1. The summed E-state index contributed by atoms with van der Waals surface area (Å²) in [6.07, 6.45) is 2.93. The number of halogens is 1. The molecule has 3 rings (SSSR count). The number of nitro benzene ring substituents is 1. The van der Waals surface area contributed by atoms with Crippen molar-refractivity contribution in [2.75, 3.05) is 37.6 Å². The Kier molecular flexibility index (Phi) is 8.28. The number of nitrogens with one attached hydrogen (secondary N) is 1. The first kappa shape index (κ1) is 23.4. The van der Waals surface area contributed by atoms with Gasteiger partial charge in [-0.05, 0) is 49.8 Å². The van der Waals surface area contributed by atoms with Crippen molar-refractivity contribution < 1.29 is 9.72 Å². The summed E-state index contributed by atoms with van der Waals surface area (Å²) in [5.74, 6) is 0.893. The van der Waals surface area contributed by atoms with Crippen molar-refractivity contribution in [2.24, 2.45) is 11.8 Å². The van der Waals surface area contributed by atoms with Gasteiger partial charge in [-0.25, -0.2) is 0 Å². The maximum Gasteiger partial charge on any atom is 0.293 e. The van der Waals surface area contributed by atoms with Crippen molar-refractivity contribution in [3.05, 3.63) is 33.9 Å². The van der Waals surface area contributed by atoms with E-state index in [9.17, 15) is 14.9 Å². The van der Waals surface area contributed by atoms with Crippen LogP contribution < -0.4 is 10.2 Å². The summed E-state index contributed by atoms with van der Waals surface area (Å²) < 4.78 is 0. The second kappa shape index (κ2) is 10.3. The Morgan fingerprint density at radius 3 is 2.55 bits per heavy atom. The van der Waals surface area contributed by atoms with E-state index in [1.54, 1.807) is 12.1 Å². The van der Waals surface area contributed by atoms with Crippen LogP contribution >= 0.6 is 12.4 Å². The van der Waals surface area contributed by atoms with Crippen molar-refractivity contribution in [2.45, 2.75) is 46.1 Å². The number of piperidine rings is 1. The molecule has 7 nitrogen and oxygen atoms in total. The Labute approximate surface area is 179 Å². The number of amides is 1. The number of rotatable bonds is 6. The first-order chi connectivity index (χ1) is 13.4. The number of nitrogens with zero attached hydrogens (tertiary/aromatic N) is 3. The molecule has 1 aromatic carbocycles. The first-order valence-corrected chi connectivity index (χ1v) is 10.5. The van der Waals surface area contributed by atoms with Gasteiger partial charge in [-0.15, -0.1) is 12.4 Å². The number of carbonyl (C=O) groups is 1. The molecule has 0 aromatic heterocycles. The third kappa shape index (κ3) is 5.39. The Balaban J connectivity index is 0.00000300. The average molecular weight is 425 g/mol. The minimum atomic E-state index is -0.350. The molecule has 8 heteroatoms. The highest BCUT2D eigenvalue weighted by atomic mass is 35.5. The van der Waals surface area contributed by atoms with E-state index in [1.165, 1.54) is 6.07 Å². The maximum absolute atomic E-state index is 13.2. The van der Waals surface area contributed by atoms with Crippen LogP contribution in [0.25, 0.3) is 0 Å². The number of benzene rings is 1. The van der Waals surface area contributed by atoms with Crippen LogP contribution in [-0.4, -0.2) is 54.5 Å². The highest BCUT2D eigenvalue weighted by Gasteiger charge is 2.30. The van der Waals surface area contributed by atoms with Gasteiger partial charge in [0.15, 0.2) is 0 Å². The lowest BCUT2D eigenvalue weighted by Gasteiger charge is -2.36. The van der Waals surface area contributed by atoms with Crippen LogP contribution in [0.4, 0.5) is 11.4 Å². The van der Waals surface area contributed by atoms with Gasteiger partial charge in [-0.2, -0.15) is 0 Å². The lowest BCUT2D eigenvalue weighted by molar-refractivity contribution is -0.384. The van der Waals surface area contributed by atoms with Crippen molar-refractivity contribution in [3.63, 3.8) is 0 Å². The summed E-state index contributed by atoms with van der Waals surface area (Å²) in [5.41, 5.74) is 1.08. The lowest BCUT2D eigenvalue weighted by atomic mass is 9.91. The first-order valence-electron chi connectivity index (χ1n) is 10.5. The van der Waals surface area contributed by atoms with Gasteiger partial charge in [0, 0.05) is 43.9 Å². The third-order valence-electron chi connectivity index (χ3n) is 5.83. The molecule has 0 bridgehead atoms. The quantitative estimate of drug-likeness (QED) is 0.556. The zero-order valence-electron chi connectivity index (χ0n) is 17.6. The Hall–Kier alpha value is -1.86. The highest BCUT2D eigenvalue weighted by Crippen LogP contribution is 2.34. The van der Waals surface area contributed by atoms with Gasteiger partial charge in [-0.1, -0.05) is 20.8 Å². The van der Waals surface area contributed by atoms with Crippen LogP contribution in [0, 0.1) is 22.0 Å². The number of carbonyl (C=O) groups excluding carboxylic acids is 1. The Morgan fingerprint density at radius 1 is 1.31 bits per heavy atom. The molecule has 0 radical (unpaired) electrons. The minimum Gasteiger partial charge on any atom is -0.365 e. The molecule has 3 unspecified atom stereocenters. The second-order valence-electron chi connectivity index (χ2n) is 8.46. The molecular formula is C21H33ClN4O3. The predicted molar refractivity (Wildman–Crippen MR) is 118 cm³/mol. The molecule has 2 aliphatic heterocycles. The zero-order chi connectivity index (χ0) is 20.3. The fourth-order valence-electron chi connectivity index (χ4n) is 4.69. The zero-order valence-corrected chi connectivity index (χ0v) is 18.4. The van der Waals surface area contributed by atoms with E-state index in [2.05, 4.69) is 24.1 Å². The molecule has 162 valence electrons. The van der Waals surface area contributed by atoms with Crippen LogP contribution in [0.3, 0.4) is 0 Å². The molecule has 29 heavy (non-hydrogen) atoms. The average Bonchev–Trinajstić information content (AvgIpc) is 3.18. The molecule has 1 amide bonds. The molecule has 0 aliphatic carbocycles. The Bertz CT molecular complexity index is 714. The molecule has 2 heterocycles. The normalized spacial score (nSPS) is 24.1. The summed E-state index contributed by atoms with van der Waals surface area (Å²) in [4.78, 5) is 28.6. The lowest BCUT2D eigenvalue weighted by Crippen LogP contribution is -2.42. The second-order valence-corrected chi connectivity index (χ2v) is 8.46. The molecule has 2 fully saturated rings. The largest absolute Gasteiger partial charge is 0.365 e. The Morgan fingerprint density at radius 2 is 2.00 bits per heavy atom. The topological polar surface area (TPSA) is 78.7 Å². The number of hydrogen-bond donors (Lipinski definition) is 1. The smallest absolute Gasteiger partial charge is 0.293 e.